The Morgan fingerprint density at radius 1 is 1.07 bits per heavy atom. The van der Waals surface area contributed by atoms with Crippen LogP contribution in [-0.2, 0) is 14.3 Å². The van der Waals surface area contributed by atoms with Crippen molar-refractivity contribution in [1.82, 2.24) is 0 Å². The largest absolute Gasteiger partial charge is 0.447 e. The maximum Gasteiger partial charge on any atom is 0.411 e. The zero-order valence-corrected chi connectivity index (χ0v) is 15.7. The number of nitrogens with one attached hydrogen (secondary N) is 2. The smallest absolute Gasteiger partial charge is 0.411 e. The van der Waals surface area contributed by atoms with Crippen molar-refractivity contribution in [1.29, 1.82) is 0 Å². The molecule has 0 bridgehead atoms. The molecule has 0 saturated heterocycles. The Bertz CT molecular complexity index is 827. The molecule has 2 aromatic carbocycles. The number of hydrogen-bond donors (Lipinski definition) is 2. The van der Waals surface area contributed by atoms with E-state index in [1.165, 1.54) is 7.11 Å². The first-order chi connectivity index (χ1) is 13.1. The first-order valence-corrected chi connectivity index (χ1v) is 9.04. The van der Waals surface area contributed by atoms with Crippen molar-refractivity contribution in [3.63, 3.8) is 0 Å². The van der Waals surface area contributed by atoms with Gasteiger partial charge in [0.15, 0.2) is 0 Å². The first kappa shape index (κ1) is 19.2. The summed E-state index contributed by atoms with van der Waals surface area (Å²) in [6.07, 6.45) is 0.204. The predicted molar refractivity (Wildman–Crippen MR) is 104 cm³/mol. The molecule has 1 saturated carbocycles. The van der Waals surface area contributed by atoms with Crippen LogP contribution in [0.15, 0.2) is 48.5 Å². The highest BCUT2D eigenvalue weighted by Crippen LogP contribution is 2.50. The van der Waals surface area contributed by atoms with Crippen LogP contribution in [0, 0.1) is 5.92 Å². The number of halogens is 1. The number of methoxy groups -OCH3 is 1. The van der Waals surface area contributed by atoms with Gasteiger partial charge in [-0.2, -0.15) is 0 Å². The summed E-state index contributed by atoms with van der Waals surface area (Å²) in [5.41, 5.74) is 2.15. The topological polar surface area (TPSA) is 76.7 Å². The molecule has 0 spiro atoms. The SMILES string of the molecule is COCCOC(=O)Nc1cccc(NC(=O)C2CC2c2ccccc2Cl)c1. The number of hydrogen-bond acceptors (Lipinski definition) is 4. The maximum absolute atomic E-state index is 12.5. The minimum atomic E-state index is -0.573. The van der Waals surface area contributed by atoms with E-state index in [-0.39, 0.29) is 24.3 Å². The molecular weight excluding hydrogens is 368 g/mol. The molecule has 3 rings (SSSR count). The lowest BCUT2D eigenvalue weighted by atomic mass is 10.1. The van der Waals surface area contributed by atoms with Crippen LogP contribution in [0.25, 0.3) is 0 Å². The van der Waals surface area contributed by atoms with Crippen molar-refractivity contribution in [3.8, 4) is 0 Å². The van der Waals surface area contributed by atoms with Crippen LogP contribution in [0.2, 0.25) is 5.02 Å². The standard InChI is InChI=1S/C20H21ClN2O4/c1-26-9-10-27-20(25)23-14-6-4-5-13(11-14)22-19(24)17-12-16(17)15-7-2-3-8-18(15)21/h2-8,11,16-17H,9-10,12H2,1H3,(H,22,24)(H,23,25). The Labute approximate surface area is 162 Å². The third-order valence-electron chi connectivity index (χ3n) is 4.33. The molecular formula is C20H21ClN2O4. The number of amides is 2. The lowest BCUT2D eigenvalue weighted by Gasteiger charge is -2.09. The molecule has 7 heteroatoms. The summed E-state index contributed by atoms with van der Waals surface area (Å²) >= 11 is 6.21. The quantitative estimate of drug-likeness (QED) is 0.694. The second-order valence-electron chi connectivity index (χ2n) is 6.29. The fourth-order valence-electron chi connectivity index (χ4n) is 2.89. The highest BCUT2D eigenvalue weighted by Gasteiger charge is 2.44. The summed E-state index contributed by atoms with van der Waals surface area (Å²) in [7, 11) is 1.53. The predicted octanol–water partition coefficient (Wildman–Crippen LogP) is 4.28. The second-order valence-corrected chi connectivity index (χ2v) is 6.70. The number of carbonyl (C=O) groups is 2. The molecule has 1 aliphatic rings. The highest BCUT2D eigenvalue weighted by molar-refractivity contribution is 6.31. The fourth-order valence-corrected chi connectivity index (χ4v) is 3.16. The van der Waals surface area contributed by atoms with Gasteiger partial charge in [-0.1, -0.05) is 35.9 Å². The number of anilines is 2. The number of benzene rings is 2. The van der Waals surface area contributed by atoms with Gasteiger partial charge in [0.25, 0.3) is 0 Å². The number of rotatable bonds is 7. The van der Waals surface area contributed by atoms with Gasteiger partial charge in [0.05, 0.1) is 6.61 Å². The molecule has 0 aromatic heterocycles. The van der Waals surface area contributed by atoms with Crippen LogP contribution in [0.3, 0.4) is 0 Å². The van der Waals surface area contributed by atoms with Crippen molar-refractivity contribution in [2.45, 2.75) is 12.3 Å². The molecule has 0 aliphatic heterocycles. The summed E-state index contributed by atoms with van der Waals surface area (Å²) in [5, 5.41) is 6.20. The molecule has 2 N–H and O–H groups in total. The Hall–Kier alpha value is -2.57. The van der Waals surface area contributed by atoms with E-state index in [1.807, 2.05) is 24.3 Å². The molecule has 0 radical (unpaired) electrons. The van der Waals surface area contributed by atoms with Crippen LogP contribution < -0.4 is 10.6 Å². The third-order valence-corrected chi connectivity index (χ3v) is 4.67. The van der Waals surface area contributed by atoms with Gasteiger partial charge in [0.1, 0.15) is 6.61 Å². The minimum Gasteiger partial charge on any atom is -0.447 e. The number of ether oxygens (including phenoxy) is 2. The Kier molecular flexibility index (Phi) is 6.32. The van der Waals surface area contributed by atoms with Gasteiger partial charge in [-0.05, 0) is 42.2 Å². The second kappa shape index (κ2) is 8.88. The van der Waals surface area contributed by atoms with E-state index in [0.29, 0.717) is 23.0 Å². The van der Waals surface area contributed by atoms with Crippen LogP contribution in [0.5, 0.6) is 0 Å². The van der Waals surface area contributed by atoms with Crippen molar-refractivity contribution < 1.29 is 19.1 Å². The van der Waals surface area contributed by atoms with E-state index >= 15 is 0 Å². The molecule has 2 atom stereocenters. The van der Waals surface area contributed by atoms with Crippen molar-refractivity contribution in [3.05, 3.63) is 59.1 Å². The van der Waals surface area contributed by atoms with E-state index in [1.54, 1.807) is 24.3 Å². The lowest BCUT2D eigenvalue weighted by Crippen LogP contribution is -2.17. The molecule has 142 valence electrons. The van der Waals surface area contributed by atoms with Crippen LogP contribution in [0.1, 0.15) is 17.9 Å². The maximum atomic E-state index is 12.5. The summed E-state index contributed by atoms with van der Waals surface area (Å²) < 4.78 is 9.78. The van der Waals surface area contributed by atoms with E-state index in [4.69, 9.17) is 21.1 Å². The van der Waals surface area contributed by atoms with Crippen LogP contribution in [-0.4, -0.2) is 32.3 Å². The first-order valence-electron chi connectivity index (χ1n) is 8.66. The van der Waals surface area contributed by atoms with Crippen LogP contribution >= 0.6 is 11.6 Å². The van der Waals surface area contributed by atoms with E-state index in [9.17, 15) is 9.59 Å². The summed E-state index contributed by atoms with van der Waals surface area (Å²) in [5.74, 6) is -0.00367. The van der Waals surface area contributed by atoms with Crippen molar-refractivity contribution in [2.75, 3.05) is 31.0 Å². The van der Waals surface area contributed by atoms with E-state index in [0.717, 1.165) is 12.0 Å². The Balaban J connectivity index is 1.55. The highest BCUT2D eigenvalue weighted by atomic mass is 35.5. The summed E-state index contributed by atoms with van der Waals surface area (Å²) in [4.78, 5) is 24.2. The molecule has 1 fully saturated rings. The molecule has 27 heavy (non-hydrogen) atoms. The van der Waals surface area contributed by atoms with Crippen molar-refractivity contribution in [2.24, 2.45) is 5.92 Å². The zero-order chi connectivity index (χ0) is 19.2. The summed E-state index contributed by atoms with van der Waals surface area (Å²) in [6, 6.07) is 14.5. The average molecular weight is 389 g/mol. The monoisotopic (exact) mass is 388 g/mol. The Morgan fingerprint density at radius 2 is 1.81 bits per heavy atom. The van der Waals surface area contributed by atoms with E-state index < -0.39 is 6.09 Å². The van der Waals surface area contributed by atoms with Gasteiger partial charge in [0.2, 0.25) is 5.91 Å². The van der Waals surface area contributed by atoms with Gasteiger partial charge in [0, 0.05) is 29.4 Å². The fraction of sp³-hybridized carbons (Fsp3) is 0.300. The average Bonchev–Trinajstić information content (AvgIpc) is 3.43. The minimum absolute atomic E-state index is 0.0558. The van der Waals surface area contributed by atoms with Gasteiger partial charge in [-0.15, -0.1) is 0 Å². The molecule has 6 nitrogen and oxygen atoms in total. The molecule has 0 heterocycles. The van der Waals surface area contributed by atoms with Gasteiger partial charge >= 0.3 is 6.09 Å². The number of carbonyl (C=O) groups excluding carboxylic acids is 2. The van der Waals surface area contributed by atoms with Gasteiger partial charge in [-0.3, -0.25) is 10.1 Å². The van der Waals surface area contributed by atoms with Crippen LogP contribution in [0.4, 0.5) is 16.2 Å². The lowest BCUT2D eigenvalue weighted by molar-refractivity contribution is -0.117. The zero-order valence-electron chi connectivity index (χ0n) is 14.9. The van der Waals surface area contributed by atoms with Gasteiger partial charge < -0.3 is 14.8 Å². The van der Waals surface area contributed by atoms with Gasteiger partial charge in [-0.25, -0.2) is 4.79 Å². The Morgan fingerprint density at radius 3 is 2.56 bits per heavy atom. The van der Waals surface area contributed by atoms with E-state index in [2.05, 4.69) is 10.6 Å². The molecule has 2 aromatic rings. The molecule has 1 aliphatic carbocycles. The van der Waals surface area contributed by atoms with Crippen molar-refractivity contribution >= 4 is 35.0 Å². The summed E-state index contributed by atoms with van der Waals surface area (Å²) in [6.45, 7) is 0.501. The normalized spacial score (nSPS) is 17.9. The third kappa shape index (κ3) is 5.21. The molecule has 2 amide bonds. The molecule has 2 unspecified atom stereocenters.